The fraction of sp³-hybridized carbons (Fsp3) is 0.0833. The van der Waals surface area contributed by atoms with Crippen molar-refractivity contribution < 1.29 is 22.0 Å². The van der Waals surface area contributed by atoms with E-state index in [4.69, 9.17) is 0 Å². The molecule has 2 rings (SSSR count). The number of hydrogen-bond acceptors (Lipinski definition) is 1. The van der Waals surface area contributed by atoms with Crippen molar-refractivity contribution in [2.45, 2.75) is 6.18 Å². The Morgan fingerprint density at radius 1 is 1.06 bits per heavy atom. The normalized spacial score (nSPS) is 11.6. The highest BCUT2D eigenvalue weighted by Crippen LogP contribution is 2.36. The molecular weight excluding hydrogens is 253 g/mol. The summed E-state index contributed by atoms with van der Waals surface area (Å²) < 4.78 is 64.9. The largest absolute Gasteiger partial charge is 0.419 e. The molecule has 6 heteroatoms. The molecule has 18 heavy (non-hydrogen) atoms. The second kappa shape index (κ2) is 4.36. The molecule has 0 aliphatic heterocycles. The molecule has 0 saturated carbocycles. The molecule has 0 aliphatic carbocycles. The first-order valence-corrected chi connectivity index (χ1v) is 4.79. The predicted octanol–water partition coefficient (Wildman–Crippen LogP) is 3.85. The smallest absolute Gasteiger partial charge is 0.255 e. The van der Waals surface area contributed by atoms with Crippen LogP contribution in [0.15, 0.2) is 30.5 Å². The van der Waals surface area contributed by atoms with Crippen LogP contribution >= 0.6 is 0 Å². The van der Waals surface area contributed by atoms with Gasteiger partial charge in [-0.3, -0.25) is 4.98 Å². The Balaban J connectivity index is 2.73. The molecule has 2 aromatic rings. The van der Waals surface area contributed by atoms with Crippen molar-refractivity contribution in [3.63, 3.8) is 0 Å². The maximum atomic E-state index is 13.4. The maximum absolute atomic E-state index is 13.4. The number of benzene rings is 1. The zero-order valence-electron chi connectivity index (χ0n) is 8.72. The number of rotatable bonds is 1. The fourth-order valence-corrected chi connectivity index (χ4v) is 1.49. The van der Waals surface area contributed by atoms with Gasteiger partial charge in [0.05, 0.1) is 16.8 Å². The van der Waals surface area contributed by atoms with E-state index in [0.29, 0.717) is 0 Å². The van der Waals surface area contributed by atoms with Crippen molar-refractivity contribution in [2.75, 3.05) is 0 Å². The first-order chi connectivity index (χ1) is 8.41. The summed E-state index contributed by atoms with van der Waals surface area (Å²) in [5, 5.41) is 0. The molecule has 93 valence electrons. The van der Waals surface area contributed by atoms with Gasteiger partial charge in [-0.05, 0) is 24.3 Å². The van der Waals surface area contributed by atoms with Crippen LogP contribution in [0, 0.1) is 17.7 Å². The van der Waals surface area contributed by atoms with Crippen LogP contribution in [-0.2, 0) is 6.18 Å². The van der Waals surface area contributed by atoms with Gasteiger partial charge in [-0.25, -0.2) is 8.78 Å². The van der Waals surface area contributed by atoms with Crippen LogP contribution in [0.25, 0.3) is 11.3 Å². The van der Waals surface area contributed by atoms with Crippen molar-refractivity contribution >= 4 is 0 Å². The summed E-state index contributed by atoms with van der Waals surface area (Å²) in [6.07, 6.45) is -3.78. The number of alkyl halides is 3. The molecule has 1 radical (unpaired) electrons. The van der Waals surface area contributed by atoms with Crippen molar-refractivity contribution in [1.82, 2.24) is 4.98 Å². The van der Waals surface area contributed by atoms with Crippen LogP contribution in [0.3, 0.4) is 0 Å². The molecule has 0 aliphatic rings. The van der Waals surface area contributed by atoms with Gasteiger partial charge < -0.3 is 0 Å². The van der Waals surface area contributed by atoms with Gasteiger partial charge in [0.15, 0.2) is 0 Å². The van der Waals surface area contributed by atoms with E-state index in [1.807, 2.05) is 6.07 Å². The van der Waals surface area contributed by atoms with Gasteiger partial charge in [0.2, 0.25) is 0 Å². The van der Waals surface area contributed by atoms with E-state index in [1.165, 1.54) is 0 Å². The molecule has 0 spiro atoms. The van der Waals surface area contributed by atoms with Crippen LogP contribution in [0.2, 0.25) is 0 Å². The van der Waals surface area contributed by atoms with Crippen molar-refractivity contribution in [3.05, 3.63) is 53.7 Å². The molecule has 1 nitrogen and oxygen atoms in total. The van der Waals surface area contributed by atoms with Gasteiger partial charge in [-0.1, -0.05) is 6.07 Å². The van der Waals surface area contributed by atoms with Gasteiger partial charge in [0.1, 0.15) is 11.6 Å². The lowest BCUT2D eigenvalue weighted by molar-refractivity contribution is -0.137. The number of aromatic nitrogens is 1. The molecule has 0 bridgehead atoms. The lowest BCUT2D eigenvalue weighted by atomic mass is 10.0. The number of halogens is 5. The average molecular weight is 258 g/mol. The second-order valence-electron chi connectivity index (χ2n) is 3.41. The van der Waals surface area contributed by atoms with Crippen molar-refractivity contribution in [1.29, 1.82) is 0 Å². The monoisotopic (exact) mass is 258 g/mol. The standard InChI is InChI=1S/C12H5F5N/c13-8-4-1-5-9(14)10(8)11-7(12(15,16)17)3-2-6-18-11/h1-2,4-6H. The van der Waals surface area contributed by atoms with E-state index in [0.717, 1.165) is 30.5 Å². The Hall–Kier alpha value is -1.98. The van der Waals surface area contributed by atoms with E-state index >= 15 is 0 Å². The van der Waals surface area contributed by atoms with Crippen molar-refractivity contribution in [3.8, 4) is 11.3 Å². The Labute approximate surface area is 98.9 Å². The van der Waals surface area contributed by atoms with Crippen LogP contribution in [0.1, 0.15) is 5.56 Å². The van der Waals surface area contributed by atoms with Gasteiger partial charge >= 0.3 is 6.18 Å². The summed E-state index contributed by atoms with van der Waals surface area (Å²) in [7, 11) is 0. The first-order valence-electron chi connectivity index (χ1n) is 4.79. The third-order valence-electron chi connectivity index (χ3n) is 2.23. The highest BCUT2D eigenvalue weighted by Gasteiger charge is 2.35. The van der Waals surface area contributed by atoms with Gasteiger partial charge in [-0.15, -0.1) is 0 Å². The lowest BCUT2D eigenvalue weighted by Crippen LogP contribution is -2.09. The van der Waals surface area contributed by atoms with Crippen LogP contribution in [0.4, 0.5) is 22.0 Å². The third kappa shape index (κ3) is 2.18. The topological polar surface area (TPSA) is 12.9 Å². The van der Waals surface area contributed by atoms with E-state index in [1.54, 1.807) is 0 Å². The SMILES string of the molecule is Fc1cccc(F)c1-c1ncc[c]c1C(F)(F)F. The average Bonchev–Trinajstić information content (AvgIpc) is 2.28. The zero-order valence-corrected chi connectivity index (χ0v) is 8.72. The van der Waals surface area contributed by atoms with Crippen LogP contribution in [-0.4, -0.2) is 4.98 Å². The highest BCUT2D eigenvalue weighted by molar-refractivity contribution is 5.64. The predicted molar refractivity (Wildman–Crippen MR) is 53.4 cm³/mol. The first kappa shape index (κ1) is 12.5. The summed E-state index contributed by atoms with van der Waals surface area (Å²) in [5.74, 6) is -2.21. The summed E-state index contributed by atoms with van der Waals surface area (Å²) in [6.45, 7) is 0. The molecule has 0 unspecified atom stereocenters. The number of nitrogens with zero attached hydrogens (tertiary/aromatic N) is 1. The summed E-state index contributed by atoms with van der Waals surface area (Å²) in [5.41, 5.74) is -2.91. The second-order valence-corrected chi connectivity index (χ2v) is 3.41. The van der Waals surface area contributed by atoms with Gasteiger partial charge in [-0.2, -0.15) is 13.2 Å². The highest BCUT2D eigenvalue weighted by atomic mass is 19.4. The van der Waals surface area contributed by atoms with E-state index in [2.05, 4.69) is 4.98 Å². The Morgan fingerprint density at radius 3 is 2.22 bits per heavy atom. The fourth-order valence-electron chi connectivity index (χ4n) is 1.49. The lowest BCUT2D eigenvalue weighted by Gasteiger charge is -2.12. The molecular formula is C12H5F5N. The Bertz CT molecular complexity index is 557. The van der Waals surface area contributed by atoms with Crippen molar-refractivity contribution in [2.24, 2.45) is 0 Å². The molecule has 0 saturated heterocycles. The minimum atomic E-state index is -4.78. The number of pyridine rings is 1. The quantitative estimate of drug-likeness (QED) is 0.708. The van der Waals surface area contributed by atoms with E-state index in [9.17, 15) is 22.0 Å². The molecule has 1 aromatic heterocycles. The molecule has 0 amide bonds. The van der Waals surface area contributed by atoms with Crippen LogP contribution < -0.4 is 0 Å². The zero-order chi connectivity index (χ0) is 13.3. The third-order valence-corrected chi connectivity index (χ3v) is 2.23. The summed E-state index contributed by atoms with van der Waals surface area (Å²) >= 11 is 0. The minimum absolute atomic E-state index is 0.804. The maximum Gasteiger partial charge on any atom is 0.419 e. The van der Waals surface area contributed by atoms with E-state index in [-0.39, 0.29) is 0 Å². The minimum Gasteiger partial charge on any atom is -0.255 e. The van der Waals surface area contributed by atoms with E-state index < -0.39 is 34.6 Å². The molecule has 1 heterocycles. The van der Waals surface area contributed by atoms with Gasteiger partial charge in [0, 0.05) is 6.20 Å². The molecule has 0 fully saturated rings. The molecule has 1 aromatic carbocycles. The Kier molecular flexibility index (Phi) is 3.02. The molecule has 0 N–H and O–H groups in total. The number of hydrogen-bond donors (Lipinski definition) is 0. The van der Waals surface area contributed by atoms with Crippen LogP contribution in [0.5, 0.6) is 0 Å². The Morgan fingerprint density at radius 2 is 1.67 bits per heavy atom. The van der Waals surface area contributed by atoms with Gasteiger partial charge in [0.25, 0.3) is 0 Å². The summed E-state index contributed by atoms with van der Waals surface area (Å²) in [6, 6.07) is 5.64. The summed E-state index contributed by atoms with van der Waals surface area (Å²) in [4.78, 5) is 3.41. The molecule has 0 atom stereocenters.